The second-order valence-electron chi connectivity index (χ2n) is 5.75. The summed E-state index contributed by atoms with van der Waals surface area (Å²) in [5.74, 6) is 0.912. The van der Waals surface area contributed by atoms with Crippen LogP contribution in [0.3, 0.4) is 0 Å². The number of ether oxygens (including phenoxy) is 3. The lowest BCUT2D eigenvalue weighted by Gasteiger charge is -2.15. The number of hydrogen-bond acceptors (Lipinski definition) is 5. The van der Waals surface area contributed by atoms with Gasteiger partial charge in [0, 0.05) is 35.5 Å². The Kier molecular flexibility index (Phi) is 7.05. The third kappa shape index (κ3) is 5.13. The monoisotopic (exact) mass is 372 g/mol. The summed E-state index contributed by atoms with van der Waals surface area (Å²) in [5, 5.41) is 5.58. The molecule has 0 heterocycles. The largest absolute Gasteiger partial charge is 0.493 e. The molecule has 0 fully saturated rings. The Labute approximate surface area is 158 Å². The van der Waals surface area contributed by atoms with Crippen LogP contribution in [-0.2, 0) is 4.79 Å². The summed E-state index contributed by atoms with van der Waals surface area (Å²) < 4.78 is 15.8. The molecule has 2 rings (SSSR count). The van der Waals surface area contributed by atoms with E-state index in [-0.39, 0.29) is 11.8 Å². The smallest absolute Gasteiger partial charge is 0.255 e. The SMILES string of the molecule is CCCC(=O)Nc1cccc(C(=O)Nc2cc(OC)c(OC)c(OC)c2)c1. The summed E-state index contributed by atoms with van der Waals surface area (Å²) in [5.41, 5.74) is 1.49. The lowest BCUT2D eigenvalue weighted by Crippen LogP contribution is -2.14. The summed E-state index contributed by atoms with van der Waals surface area (Å²) in [6, 6.07) is 10.0. The zero-order valence-electron chi connectivity index (χ0n) is 15.9. The maximum absolute atomic E-state index is 12.6. The second kappa shape index (κ2) is 9.47. The molecule has 7 nitrogen and oxygen atoms in total. The van der Waals surface area contributed by atoms with E-state index >= 15 is 0 Å². The van der Waals surface area contributed by atoms with Gasteiger partial charge in [-0.2, -0.15) is 0 Å². The number of benzene rings is 2. The molecule has 0 bridgehead atoms. The molecule has 0 aliphatic carbocycles. The van der Waals surface area contributed by atoms with E-state index in [2.05, 4.69) is 10.6 Å². The van der Waals surface area contributed by atoms with Crippen LogP contribution in [0.4, 0.5) is 11.4 Å². The first-order valence-electron chi connectivity index (χ1n) is 8.53. The molecule has 0 spiro atoms. The van der Waals surface area contributed by atoms with E-state index < -0.39 is 0 Å². The Balaban J connectivity index is 2.21. The molecule has 0 atom stereocenters. The number of carbonyl (C=O) groups is 2. The third-order valence-corrected chi connectivity index (χ3v) is 3.81. The van der Waals surface area contributed by atoms with E-state index in [0.29, 0.717) is 40.6 Å². The van der Waals surface area contributed by atoms with Crippen LogP contribution < -0.4 is 24.8 Å². The Hall–Kier alpha value is -3.22. The van der Waals surface area contributed by atoms with Crippen molar-refractivity contribution in [1.82, 2.24) is 0 Å². The van der Waals surface area contributed by atoms with E-state index in [0.717, 1.165) is 6.42 Å². The number of anilines is 2. The predicted octanol–water partition coefficient (Wildman–Crippen LogP) is 3.70. The van der Waals surface area contributed by atoms with Crippen LogP contribution in [0.25, 0.3) is 0 Å². The van der Waals surface area contributed by atoms with Crippen LogP contribution >= 0.6 is 0 Å². The molecule has 0 aromatic heterocycles. The molecule has 0 saturated heterocycles. The molecule has 2 aromatic rings. The van der Waals surface area contributed by atoms with E-state index in [1.807, 2.05) is 6.92 Å². The summed E-state index contributed by atoms with van der Waals surface area (Å²) in [6.07, 6.45) is 1.19. The van der Waals surface area contributed by atoms with Gasteiger partial charge in [-0.15, -0.1) is 0 Å². The number of methoxy groups -OCH3 is 3. The van der Waals surface area contributed by atoms with E-state index in [4.69, 9.17) is 14.2 Å². The fraction of sp³-hybridized carbons (Fsp3) is 0.300. The zero-order valence-corrected chi connectivity index (χ0v) is 15.9. The number of amides is 2. The fourth-order valence-electron chi connectivity index (χ4n) is 2.55. The Morgan fingerprint density at radius 3 is 2.11 bits per heavy atom. The average Bonchev–Trinajstić information content (AvgIpc) is 2.67. The molecule has 0 radical (unpaired) electrons. The third-order valence-electron chi connectivity index (χ3n) is 3.81. The Morgan fingerprint density at radius 1 is 0.889 bits per heavy atom. The van der Waals surface area contributed by atoms with Gasteiger partial charge in [-0.25, -0.2) is 0 Å². The first-order valence-corrected chi connectivity index (χ1v) is 8.53. The predicted molar refractivity (Wildman–Crippen MR) is 104 cm³/mol. The molecule has 2 N–H and O–H groups in total. The van der Waals surface area contributed by atoms with Crippen LogP contribution in [0.15, 0.2) is 36.4 Å². The zero-order chi connectivity index (χ0) is 19.8. The van der Waals surface area contributed by atoms with Crippen LogP contribution in [0.2, 0.25) is 0 Å². The summed E-state index contributed by atoms with van der Waals surface area (Å²) >= 11 is 0. The number of rotatable bonds is 8. The van der Waals surface area contributed by atoms with Crippen molar-refractivity contribution in [3.63, 3.8) is 0 Å². The summed E-state index contributed by atoms with van der Waals surface area (Å²) in [4.78, 5) is 24.3. The molecule has 27 heavy (non-hydrogen) atoms. The molecule has 0 unspecified atom stereocenters. The number of hydrogen-bond donors (Lipinski definition) is 2. The first-order chi connectivity index (χ1) is 13.0. The van der Waals surface area contributed by atoms with Gasteiger partial charge in [-0.1, -0.05) is 13.0 Å². The molecule has 2 amide bonds. The van der Waals surface area contributed by atoms with Gasteiger partial charge in [0.1, 0.15) is 0 Å². The van der Waals surface area contributed by atoms with Crippen molar-refractivity contribution in [1.29, 1.82) is 0 Å². The topological polar surface area (TPSA) is 85.9 Å². The van der Waals surface area contributed by atoms with Crippen LogP contribution in [-0.4, -0.2) is 33.1 Å². The molecule has 144 valence electrons. The van der Waals surface area contributed by atoms with E-state index in [1.165, 1.54) is 21.3 Å². The van der Waals surface area contributed by atoms with Gasteiger partial charge < -0.3 is 24.8 Å². The second-order valence-corrected chi connectivity index (χ2v) is 5.75. The highest BCUT2D eigenvalue weighted by Crippen LogP contribution is 2.40. The lowest BCUT2D eigenvalue weighted by atomic mass is 10.1. The van der Waals surface area contributed by atoms with Crippen LogP contribution in [0.5, 0.6) is 17.2 Å². The van der Waals surface area contributed by atoms with Crippen molar-refractivity contribution in [3.8, 4) is 17.2 Å². The van der Waals surface area contributed by atoms with Crippen LogP contribution in [0, 0.1) is 0 Å². The number of nitrogens with one attached hydrogen (secondary N) is 2. The fourth-order valence-corrected chi connectivity index (χ4v) is 2.55. The normalized spacial score (nSPS) is 10.1. The molecule has 0 aliphatic rings. The van der Waals surface area contributed by atoms with Gasteiger partial charge in [-0.05, 0) is 24.6 Å². The summed E-state index contributed by atoms with van der Waals surface area (Å²) in [6.45, 7) is 1.93. The van der Waals surface area contributed by atoms with Crippen molar-refractivity contribution in [2.45, 2.75) is 19.8 Å². The quantitative estimate of drug-likeness (QED) is 0.738. The van der Waals surface area contributed by atoms with Crippen molar-refractivity contribution in [2.24, 2.45) is 0 Å². The van der Waals surface area contributed by atoms with Crippen molar-refractivity contribution < 1.29 is 23.8 Å². The van der Waals surface area contributed by atoms with Crippen molar-refractivity contribution in [2.75, 3.05) is 32.0 Å². The standard InChI is InChI=1S/C20H24N2O5/c1-5-7-18(23)21-14-9-6-8-13(10-14)20(24)22-15-11-16(25-2)19(27-4)17(12-15)26-3/h6,8-12H,5,7H2,1-4H3,(H,21,23)(H,22,24). The highest BCUT2D eigenvalue weighted by molar-refractivity contribution is 6.05. The minimum atomic E-state index is -0.323. The van der Waals surface area contributed by atoms with Gasteiger partial charge in [-0.3, -0.25) is 9.59 Å². The van der Waals surface area contributed by atoms with Gasteiger partial charge >= 0.3 is 0 Å². The Morgan fingerprint density at radius 2 is 1.56 bits per heavy atom. The van der Waals surface area contributed by atoms with Crippen molar-refractivity contribution >= 4 is 23.2 Å². The molecule has 2 aromatic carbocycles. The van der Waals surface area contributed by atoms with Gasteiger partial charge in [0.15, 0.2) is 11.5 Å². The molecule has 0 saturated carbocycles. The van der Waals surface area contributed by atoms with Crippen LogP contribution in [0.1, 0.15) is 30.1 Å². The highest BCUT2D eigenvalue weighted by Gasteiger charge is 2.15. The maximum atomic E-state index is 12.6. The average molecular weight is 372 g/mol. The van der Waals surface area contributed by atoms with Gasteiger partial charge in [0.2, 0.25) is 11.7 Å². The number of carbonyl (C=O) groups excluding carboxylic acids is 2. The minimum Gasteiger partial charge on any atom is -0.493 e. The highest BCUT2D eigenvalue weighted by atomic mass is 16.5. The molecular weight excluding hydrogens is 348 g/mol. The van der Waals surface area contributed by atoms with Gasteiger partial charge in [0.05, 0.1) is 21.3 Å². The summed E-state index contributed by atoms with van der Waals surface area (Å²) in [7, 11) is 4.52. The van der Waals surface area contributed by atoms with E-state index in [9.17, 15) is 9.59 Å². The van der Waals surface area contributed by atoms with Gasteiger partial charge in [0.25, 0.3) is 5.91 Å². The lowest BCUT2D eigenvalue weighted by molar-refractivity contribution is -0.116. The van der Waals surface area contributed by atoms with E-state index in [1.54, 1.807) is 36.4 Å². The first kappa shape index (κ1) is 20.1. The Bertz CT molecular complexity index is 795. The molecule has 7 heteroatoms. The maximum Gasteiger partial charge on any atom is 0.255 e. The van der Waals surface area contributed by atoms with Crippen molar-refractivity contribution in [3.05, 3.63) is 42.0 Å². The molecular formula is C20H24N2O5. The molecule has 0 aliphatic heterocycles. The minimum absolute atomic E-state index is 0.0836.